The summed E-state index contributed by atoms with van der Waals surface area (Å²) in [6.45, 7) is 12.9. The number of nitrogens with one attached hydrogen (secondary N) is 8. The molecule has 20 N–H and O–H groups in total. The molecular formula is C62H115N9O24. The maximum atomic E-state index is 12.9. The van der Waals surface area contributed by atoms with Crippen LogP contribution in [0.3, 0.4) is 0 Å². The molecule has 0 unspecified atom stereocenters. The average molecular weight is 1370 g/mol. The highest BCUT2D eigenvalue weighted by molar-refractivity contribution is 5.84. The van der Waals surface area contributed by atoms with E-state index in [4.69, 9.17) is 33.5 Å². The van der Waals surface area contributed by atoms with Gasteiger partial charge in [0.1, 0.15) is 73.2 Å². The molecule has 552 valence electrons. The lowest BCUT2D eigenvalue weighted by Gasteiger charge is -2.39. The molecule has 3 rings (SSSR count). The summed E-state index contributed by atoms with van der Waals surface area (Å²) in [6, 6.07) is 0. The molecule has 15 atom stereocenters. The summed E-state index contributed by atoms with van der Waals surface area (Å²) >= 11 is 0. The Hall–Kier alpha value is -4.86. The summed E-state index contributed by atoms with van der Waals surface area (Å²) in [5, 5.41) is 139. The van der Waals surface area contributed by atoms with Crippen LogP contribution in [0.25, 0.3) is 0 Å². The van der Waals surface area contributed by atoms with Gasteiger partial charge in [-0.15, -0.1) is 0 Å². The van der Waals surface area contributed by atoms with E-state index in [9.17, 15) is 84.9 Å². The minimum Gasteiger partial charge on any atom is -0.394 e. The van der Waals surface area contributed by atoms with Crippen molar-refractivity contribution in [2.24, 2.45) is 0 Å². The molecule has 0 saturated carbocycles. The van der Waals surface area contributed by atoms with E-state index in [-0.39, 0.29) is 94.4 Å². The van der Waals surface area contributed by atoms with Gasteiger partial charge in [0.05, 0.1) is 59.3 Å². The topological polar surface area (TPSA) is 500 Å². The van der Waals surface area contributed by atoms with Gasteiger partial charge in [0.2, 0.25) is 35.4 Å². The molecule has 3 fully saturated rings. The lowest BCUT2D eigenvalue weighted by molar-refractivity contribution is -0.300. The van der Waals surface area contributed by atoms with Crippen LogP contribution in [-0.2, 0) is 57.2 Å². The first-order valence-corrected chi connectivity index (χ1v) is 33.4. The highest BCUT2D eigenvalue weighted by atomic mass is 16.7. The molecule has 6 amide bonds. The third-order valence-electron chi connectivity index (χ3n) is 15.5. The molecule has 33 heteroatoms. The van der Waals surface area contributed by atoms with Gasteiger partial charge in [0.15, 0.2) is 18.9 Å². The van der Waals surface area contributed by atoms with Crippen molar-refractivity contribution in [3.63, 3.8) is 0 Å². The molecule has 0 aromatic carbocycles. The molecule has 0 aromatic rings. The molecule has 0 bridgehead atoms. The zero-order valence-electron chi connectivity index (χ0n) is 55.5. The molecule has 3 aliphatic rings. The third kappa shape index (κ3) is 36.5. The van der Waals surface area contributed by atoms with Crippen molar-refractivity contribution in [3.8, 4) is 0 Å². The maximum absolute atomic E-state index is 12.9. The minimum absolute atomic E-state index is 0.0165. The summed E-state index contributed by atoms with van der Waals surface area (Å²) < 4.78 is 31.9. The molecule has 0 spiro atoms. The van der Waals surface area contributed by atoms with Crippen LogP contribution < -0.4 is 42.5 Å². The maximum Gasteiger partial charge on any atom is 0.234 e. The van der Waals surface area contributed by atoms with Crippen molar-refractivity contribution < 1.29 is 118 Å². The quantitative estimate of drug-likeness (QED) is 0.0253. The number of unbranched alkanes of at least 4 members (excludes halogenated alkanes) is 9. The Labute approximate surface area is 557 Å². The van der Waals surface area contributed by atoms with Crippen LogP contribution in [0, 0.1) is 0 Å². The average Bonchev–Trinajstić information content (AvgIpc) is 1.31. The number of amides is 6. The first kappa shape index (κ1) is 86.2. The van der Waals surface area contributed by atoms with Gasteiger partial charge >= 0.3 is 0 Å². The number of carbonyl (C=O) groups excluding carboxylic acids is 6. The molecule has 0 aliphatic carbocycles. The molecule has 3 aliphatic heterocycles. The van der Waals surface area contributed by atoms with E-state index in [0.717, 1.165) is 69.3 Å². The van der Waals surface area contributed by atoms with Crippen LogP contribution in [0.1, 0.15) is 129 Å². The van der Waals surface area contributed by atoms with Crippen molar-refractivity contribution in [2.45, 2.75) is 222 Å². The predicted octanol–water partition coefficient (Wildman–Crippen LogP) is -5.31. The second kappa shape index (κ2) is 51.3. The Balaban J connectivity index is 0.000000911. The Morgan fingerprint density at radius 2 is 0.611 bits per heavy atom. The van der Waals surface area contributed by atoms with Crippen molar-refractivity contribution >= 4 is 35.4 Å². The van der Waals surface area contributed by atoms with E-state index in [2.05, 4.69) is 55.7 Å². The van der Waals surface area contributed by atoms with Crippen LogP contribution in [0.5, 0.6) is 0 Å². The molecular weight excluding hydrogens is 1250 g/mol. The number of rotatable bonds is 50. The summed E-state index contributed by atoms with van der Waals surface area (Å²) in [5.74, 6) is -1.42. The van der Waals surface area contributed by atoms with E-state index in [0.29, 0.717) is 90.5 Å². The van der Waals surface area contributed by atoms with E-state index < -0.39 is 112 Å². The number of nitrogens with zero attached hydrogens (tertiary/aromatic N) is 1. The smallest absolute Gasteiger partial charge is 0.234 e. The minimum atomic E-state index is -1.56. The zero-order chi connectivity index (χ0) is 70.5. The highest BCUT2D eigenvalue weighted by Gasteiger charge is 2.46. The standard InChI is InChI=1S/C43H79N7O17.C19H36N2O7/c1-3-44-31(53)14-8-5-11-17-47-34(56)24-50(23-33(55)46-16-10-4-7-13-28(2)45-19-21-64-42-40(62)38(60)36(58)29(26-51)66-42)25-35(57)48-18-12-6-9-15-32(54)49-20-22-65-43-41(63)39(61)37(59)30(27-52)67-43;1-3-20-13(2)8-6-4-5-7-9-15(23)21-10-11-27-19-18(26)17(25)16(24)14(12-22)28-19/h29-30,36-43,45,51-52,58-63H,2-27H2,1H3,(H,44,53)(H,46,55)(H,47,56)(H,48,57)(H,49,54);14,16-20,22,24-26H,2-12H2,1H3,(H,21,23)/t29-,30-,36-,37-,38+,39+,40+,41+,42+,43+;14-,16-,17+,18+,19+/m11/s1. The number of allylic oxidation sites excluding steroid dienone is 2. The summed E-state index contributed by atoms with van der Waals surface area (Å²) in [6.07, 6.45) is -7.63. The van der Waals surface area contributed by atoms with Crippen LogP contribution in [0.4, 0.5) is 0 Å². The number of aliphatic hydroxyl groups is 12. The van der Waals surface area contributed by atoms with Crippen LogP contribution in [0.2, 0.25) is 0 Å². The molecule has 0 aromatic heterocycles. The number of hydrogen-bond donors (Lipinski definition) is 20. The van der Waals surface area contributed by atoms with Crippen molar-refractivity contribution in [1.82, 2.24) is 47.4 Å². The predicted molar refractivity (Wildman–Crippen MR) is 342 cm³/mol. The zero-order valence-corrected chi connectivity index (χ0v) is 55.5. The van der Waals surface area contributed by atoms with Gasteiger partial charge in [0.25, 0.3) is 0 Å². The highest BCUT2D eigenvalue weighted by Crippen LogP contribution is 2.24. The second-order valence-electron chi connectivity index (χ2n) is 23.6. The summed E-state index contributed by atoms with van der Waals surface area (Å²) in [4.78, 5) is 75.8. The number of hydrogen-bond acceptors (Lipinski definition) is 27. The SMILES string of the molecule is C=C(CCCCCCC(=O)NCCO[C@H]1O[C@H](CO)[C@@H](O)[C@H](O)[C@@H]1O)NCC.C=C(CCCCCNC(=O)CN(CC(=O)NCCCCCC(=O)NCC)CC(=O)NCCCCCC(=O)NCCO[C@H]1O[C@H](CO)[C@@H](O)[C@H](O)[C@@H]1O)NCCO[C@H]1O[C@H](CO)[C@@H](O)[C@H](O)[C@@H]1O. The van der Waals surface area contributed by atoms with Gasteiger partial charge in [-0.25, -0.2) is 0 Å². The number of carbonyl (C=O) groups is 6. The van der Waals surface area contributed by atoms with Crippen molar-refractivity contribution in [2.75, 3.05) is 112 Å². The van der Waals surface area contributed by atoms with Crippen molar-refractivity contribution in [1.29, 1.82) is 0 Å². The Morgan fingerprint density at radius 3 is 0.926 bits per heavy atom. The van der Waals surface area contributed by atoms with E-state index >= 15 is 0 Å². The first-order chi connectivity index (χ1) is 45.5. The lowest BCUT2D eigenvalue weighted by atomic mass is 9.99. The fourth-order valence-corrected chi connectivity index (χ4v) is 10.1. The monoisotopic (exact) mass is 1370 g/mol. The van der Waals surface area contributed by atoms with Crippen LogP contribution >= 0.6 is 0 Å². The third-order valence-corrected chi connectivity index (χ3v) is 15.5. The lowest BCUT2D eigenvalue weighted by Crippen LogP contribution is -2.59. The molecule has 3 heterocycles. The van der Waals surface area contributed by atoms with Gasteiger partial charge in [-0.3, -0.25) is 33.7 Å². The molecule has 95 heavy (non-hydrogen) atoms. The summed E-state index contributed by atoms with van der Waals surface area (Å²) in [7, 11) is 0. The van der Waals surface area contributed by atoms with Gasteiger partial charge in [0, 0.05) is 83.0 Å². The number of aliphatic hydroxyl groups excluding tert-OH is 12. The van der Waals surface area contributed by atoms with E-state index in [1.807, 2.05) is 13.8 Å². The van der Waals surface area contributed by atoms with Crippen LogP contribution in [-0.4, -0.2) is 305 Å². The van der Waals surface area contributed by atoms with Gasteiger partial charge in [-0.2, -0.15) is 0 Å². The Morgan fingerprint density at radius 1 is 0.337 bits per heavy atom. The van der Waals surface area contributed by atoms with Gasteiger partial charge in [-0.1, -0.05) is 45.3 Å². The largest absolute Gasteiger partial charge is 0.394 e. The van der Waals surface area contributed by atoms with E-state index in [1.165, 1.54) is 4.90 Å². The molecule has 3 saturated heterocycles. The molecule has 0 radical (unpaired) electrons. The molecule has 33 nitrogen and oxygen atoms in total. The number of ether oxygens (including phenoxy) is 6. The fourth-order valence-electron chi connectivity index (χ4n) is 10.1. The van der Waals surface area contributed by atoms with Gasteiger partial charge in [-0.05, 0) is 78.1 Å². The Bertz CT molecular complexity index is 2080. The van der Waals surface area contributed by atoms with E-state index in [1.54, 1.807) is 0 Å². The summed E-state index contributed by atoms with van der Waals surface area (Å²) in [5.41, 5.74) is 1.80. The first-order valence-electron chi connectivity index (χ1n) is 33.4. The Kier molecular flexibility index (Phi) is 46.6. The van der Waals surface area contributed by atoms with Crippen LogP contribution in [0.15, 0.2) is 24.6 Å². The normalized spacial score (nSPS) is 25.7. The van der Waals surface area contributed by atoms with Gasteiger partial charge < -0.3 is 132 Å². The second-order valence-corrected chi connectivity index (χ2v) is 23.6. The van der Waals surface area contributed by atoms with Crippen molar-refractivity contribution in [3.05, 3.63) is 24.6 Å². The fraction of sp³-hybridized carbons (Fsp3) is 0.839.